The molecule has 0 amide bonds. The lowest BCUT2D eigenvalue weighted by Crippen LogP contribution is -2.28. The third kappa shape index (κ3) is 2.60. The zero-order valence-electron chi connectivity index (χ0n) is 10.2. The second kappa shape index (κ2) is 5.50. The van der Waals surface area contributed by atoms with Gasteiger partial charge in [0.15, 0.2) is 5.11 Å². The molecule has 1 aromatic carbocycles. The Hall–Kier alpha value is -2.08. The highest BCUT2D eigenvalue weighted by Crippen LogP contribution is 2.22. The number of fused-ring (bicyclic) bond motifs is 1. The fourth-order valence-corrected chi connectivity index (χ4v) is 1.62. The van der Waals surface area contributed by atoms with Crippen molar-refractivity contribution in [1.82, 2.24) is 15.7 Å². The number of methoxy groups -OCH3 is 1. The summed E-state index contributed by atoms with van der Waals surface area (Å²) in [6.45, 7) is 0. The van der Waals surface area contributed by atoms with Crippen LogP contribution in [0.4, 0.5) is 0 Å². The Morgan fingerprint density at radius 2 is 2.33 bits per heavy atom. The molecular weight excluding hydrogens is 248 g/mol. The van der Waals surface area contributed by atoms with Gasteiger partial charge in [-0.1, -0.05) is 0 Å². The number of thiocarbonyl (C=S) groups is 1. The van der Waals surface area contributed by atoms with Gasteiger partial charge >= 0.3 is 0 Å². The minimum absolute atomic E-state index is 0.476. The molecule has 18 heavy (non-hydrogen) atoms. The molecule has 0 aliphatic rings. The Bertz CT molecular complexity index is 591. The van der Waals surface area contributed by atoms with Gasteiger partial charge in [0.2, 0.25) is 0 Å². The molecule has 0 aliphatic heterocycles. The molecule has 0 fully saturated rings. The molecule has 0 unspecified atom stereocenters. The molecule has 0 atom stereocenters. The van der Waals surface area contributed by atoms with Crippen molar-refractivity contribution in [3.63, 3.8) is 0 Å². The van der Waals surface area contributed by atoms with Gasteiger partial charge in [0.05, 0.1) is 13.3 Å². The lowest BCUT2D eigenvalue weighted by molar-refractivity contribution is 0.415. The van der Waals surface area contributed by atoms with E-state index in [1.807, 2.05) is 24.4 Å². The number of nitrogens with zero attached hydrogens (tertiary/aromatic N) is 1. The van der Waals surface area contributed by atoms with Crippen LogP contribution in [0.3, 0.4) is 0 Å². The van der Waals surface area contributed by atoms with Crippen LogP contribution in [0.2, 0.25) is 0 Å². The second-order valence-electron chi connectivity index (χ2n) is 3.60. The van der Waals surface area contributed by atoms with E-state index >= 15 is 0 Å². The van der Waals surface area contributed by atoms with Gasteiger partial charge in [-0.05, 0) is 30.4 Å². The minimum atomic E-state index is 0.476. The van der Waals surface area contributed by atoms with Crippen molar-refractivity contribution in [1.29, 1.82) is 0 Å². The highest BCUT2D eigenvalue weighted by Gasteiger charge is 2.02. The Morgan fingerprint density at radius 3 is 3.06 bits per heavy atom. The van der Waals surface area contributed by atoms with E-state index in [0.717, 1.165) is 22.2 Å². The first-order valence-corrected chi connectivity index (χ1v) is 5.81. The van der Waals surface area contributed by atoms with Crippen LogP contribution >= 0.6 is 12.2 Å². The first-order valence-electron chi connectivity index (χ1n) is 5.40. The molecule has 94 valence electrons. The summed E-state index contributed by atoms with van der Waals surface area (Å²) in [6, 6.07) is 5.84. The zero-order valence-corrected chi connectivity index (χ0v) is 11.0. The summed E-state index contributed by atoms with van der Waals surface area (Å²) in [6.07, 6.45) is 3.60. The number of rotatable bonds is 3. The fourth-order valence-electron chi connectivity index (χ4n) is 1.57. The summed E-state index contributed by atoms with van der Waals surface area (Å²) in [5.74, 6) is 0.815. The number of H-pyrrole nitrogens is 1. The van der Waals surface area contributed by atoms with E-state index in [2.05, 4.69) is 20.8 Å². The van der Waals surface area contributed by atoms with Crippen molar-refractivity contribution in [3.05, 3.63) is 30.0 Å². The highest BCUT2D eigenvalue weighted by atomic mass is 32.1. The van der Waals surface area contributed by atoms with Gasteiger partial charge in [0, 0.05) is 29.7 Å². The predicted octanol–water partition coefficient (Wildman–Crippen LogP) is 1.60. The monoisotopic (exact) mass is 262 g/mol. The average molecular weight is 262 g/mol. The maximum atomic E-state index is 5.20. The lowest BCUT2D eigenvalue weighted by atomic mass is 10.2. The molecule has 5 nitrogen and oxygen atoms in total. The summed E-state index contributed by atoms with van der Waals surface area (Å²) in [4.78, 5) is 3.17. The SMILES string of the molecule is CNC(=S)N/N=C/c1c[nH]c2ccc(OC)cc12. The number of hydrogen-bond donors (Lipinski definition) is 3. The molecule has 6 heteroatoms. The molecule has 2 rings (SSSR count). The molecule has 0 spiro atoms. The van der Waals surface area contributed by atoms with Gasteiger partial charge < -0.3 is 15.0 Å². The van der Waals surface area contributed by atoms with Crippen LogP contribution in [0, 0.1) is 0 Å². The molecule has 1 aromatic heterocycles. The van der Waals surface area contributed by atoms with Crippen molar-refractivity contribution in [2.45, 2.75) is 0 Å². The van der Waals surface area contributed by atoms with E-state index in [-0.39, 0.29) is 0 Å². The minimum Gasteiger partial charge on any atom is -0.497 e. The van der Waals surface area contributed by atoms with Crippen molar-refractivity contribution in [3.8, 4) is 5.75 Å². The third-order valence-electron chi connectivity index (χ3n) is 2.52. The van der Waals surface area contributed by atoms with Crippen LogP contribution in [-0.2, 0) is 0 Å². The van der Waals surface area contributed by atoms with Crippen LogP contribution < -0.4 is 15.5 Å². The number of ether oxygens (including phenoxy) is 1. The van der Waals surface area contributed by atoms with E-state index in [1.165, 1.54) is 0 Å². The largest absolute Gasteiger partial charge is 0.497 e. The highest BCUT2D eigenvalue weighted by molar-refractivity contribution is 7.80. The van der Waals surface area contributed by atoms with E-state index in [4.69, 9.17) is 17.0 Å². The first-order chi connectivity index (χ1) is 8.74. The van der Waals surface area contributed by atoms with Crippen molar-refractivity contribution < 1.29 is 4.74 Å². The van der Waals surface area contributed by atoms with Gasteiger partial charge in [-0.3, -0.25) is 5.43 Å². The van der Waals surface area contributed by atoms with Crippen LogP contribution in [0.5, 0.6) is 5.75 Å². The van der Waals surface area contributed by atoms with Gasteiger partial charge in [-0.15, -0.1) is 0 Å². The zero-order chi connectivity index (χ0) is 13.0. The van der Waals surface area contributed by atoms with Gasteiger partial charge in [0.25, 0.3) is 0 Å². The Kier molecular flexibility index (Phi) is 3.78. The van der Waals surface area contributed by atoms with Gasteiger partial charge in [-0.25, -0.2) is 0 Å². The number of hydrogen-bond acceptors (Lipinski definition) is 3. The van der Waals surface area contributed by atoms with E-state index in [1.54, 1.807) is 20.4 Å². The molecule has 0 radical (unpaired) electrons. The van der Waals surface area contributed by atoms with Crippen molar-refractivity contribution in [2.24, 2.45) is 5.10 Å². The molecule has 2 aromatic rings. The Labute approximate surface area is 110 Å². The topological polar surface area (TPSA) is 61.4 Å². The second-order valence-corrected chi connectivity index (χ2v) is 4.01. The number of benzene rings is 1. The first kappa shape index (κ1) is 12.4. The Morgan fingerprint density at radius 1 is 1.50 bits per heavy atom. The van der Waals surface area contributed by atoms with Gasteiger partial charge in [-0.2, -0.15) is 5.10 Å². The smallest absolute Gasteiger partial charge is 0.186 e. The number of nitrogens with one attached hydrogen (secondary N) is 3. The molecule has 1 heterocycles. The lowest BCUT2D eigenvalue weighted by Gasteiger charge is -2.00. The Balaban J connectivity index is 2.25. The number of aromatic nitrogens is 1. The summed E-state index contributed by atoms with van der Waals surface area (Å²) < 4.78 is 5.20. The standard InChI is InChI=1S/C12H14N4OS/c1-13-12(18)16-15-7-8-6-14-11-4-3-9(17-2)5-10(8)11/h3-7,14H,1-2H3,(H2,13,16,18)/b15-7+. The summed E-state index contributed by atoms with van der Waals surface area (Å²) in [5, 5.41) is 8.36. The molecule has 0 bridgehead atoms. The van der Waals surface area contributed by atoms with Crippen LogP contribution in [0.25, 0.3) is 10.9 Å². The maximum absolute atomic E-state index is 5.20. The average Bonchev–Trinajstić information content (AvgIpc) is 2.81. The quantitative estimate of drug-likeness (QED) is 0.447. The van der Waals surface area contributed by atoms with E-state index in [0.29, 0.717) is 5.11 Å². The van der Waals surface area contributed by atoms with Crippen LogP contribution in [0.1, 0.15) is 5.56 Å². The maximum Gasteiger partial charge on any atom is 0.186 e. The summed E-state index contributed by atoms with van der Waals surface area (Å²) >= 11 is 4.92. The molecule has 0 aliphatic carbocycles. The van der Waals surface area contributed by atoms with E-state index < -0.39 is 0 Å². The third-order valence-corrected chi connectivity index (χ3v) is 2.81. The van der Waals surface area contributed by atoms with Crippen LogP contribution in [0.15, 0.2) is 29.5 Å². The summed E-state index contributed by atoms with van der Waals surface area (Å²) in [7, 11) is 3.38. The molecule has 0 saturated heterocycles. The molecular formula is C12H14N4OS. The predicted molar refractivity (Wildman–Crippen MR) is 77.2 cm³/mol. The number of aromatic amines is 1. The molecule has 3 N–H and O–H groups in total. The summed E-state index contributed by atoms with van der Waals surface area (Å²) in [5.41, 5.74) is 4.71. The van der Waals surface area contributed by atoms with E-state index in [9.17, 15) is 0 Å². The molecule has 0 saturated carbocycles. The van der Waals surface area contributed by atoms with Crippen molar-refractivity contribution >= 4 is 34.4 Å². The van der Waals surface area contributed by atoms with Gasteiger partial charge in [0.1, 0.15) is 5.75 Å². The fraction of sp³-hybridized carbons (Fsp3) is 0.167. The normalized spacial score (nSPS) is 10.8. The van der Waals surface area contributed by atoms with Crippen LogP contribution in [-0.4, -0.2) is 30.5 Å². The van der Waals surface area contributed by atoms with Crippen molar-refractivity contribution in [2.75, 3.05) is 14.2 Å². The number of hydrazone groups is 1.